The zero-order chi connectivity index (χ0) is 18.0. The molecule has 4 nitrogen and oxygen atoms in total. The molecule has 0 spiro atoms. The lowest BCUT2D eigenvalue weighted by molar-refractivity contribution is -0.138. The molecule has 8 heteroatoms. The van der Waals surface area contributed by atoms with E-state index in [0.717, 1.165) is 23.9 Å². The van der Waals surface area contributed by atoms with Crippen molar-refractivity contribution in [1.82, 2.24) is 9.88 Å². The Labute approximate surface area is 147 Å². The number of ether oxygens (including phenoxy) is 1. The molecule has 0 bridgehead atoms. The number of thiazole rings is 1. The highest BCUT2D eigenvalue weighted by Gasteiger charge is 2.33. The number of alkyl halides is 3. The SMILES string of the molecule is CN(Cc1ccccc1C(F)(F)F)C(=O)c1cnc(C2CCCO2)s1. The third-order valence-electron chi connectivity index (χ3n) is 4.02. The van der Waals surface area contributed by atoms with Crippen LogP contribution in [-0.2, 0) is 17.5 Å². The van der Waals surface area contributed by atoms with Gasteiger partial charge in [0.05, 0.1) is 11.8 Å². The number of nitrogens with zero attached hydrogens (tertiary/aromatic N) is 2. The van der Waals surface area contributed by atoms with Gasteiger partial charge < -0.3 is 9.64 Å². The molecule has 0 radical (unpaired) electrons. The van der Waals surface area contributed by atoms with E-state index in [1.54, 1.807) is 0 Å². The van der Waals surface area contributed by atoms with Gasteiger partial charge in [-0.2, -0.15) is 13.2 Å². The Morgan fingerprint density at radius 3 is 2.84 bits per heavy atom. The van der Waals surface area contributed by atoms with Gasteiger partial charge in [-0.3, -0.25) is 4.79 Å². The number of hydrogen-bond donors (Lipinski definition) is 0. The summed E-state index contributed by atoms with van der Waals surface area (Å²) in [5.74, 6) is -0.348. The number of halogens is 3. The van der Waals surface area contributed by atoms with Crippen molar-refractivity contribution in [3.8, 4) is 0 Å². The Kier molecular flexibility index (Phi) is 5.10. The molecule has 1 saturated heterocycles. The lowest BCUT2D eigenvalue weighted by Gasteiger charge is -2.19. The molecule has 3 rings (SSSR count). The van der Waals surface area contributed by atoms with Crippen LogP contribution >= 0.6 is 11.3 Å². The van der Waals surface area contributed by atoms with Gasteiger partial charge in [-0.25, -0.2) is 4.98 Å². The van der Waals surface area contributed by atoms with E-state index in [1.165, 1.54) is 47.7 Å². The van der Waals surface area contributed by atoms with Gasteiger partial charge >= 0.3 is 6.18 Å². The molecule has 0 saturated carbocycles. The number of hydrogen-bond acceptors (Lipinski definition) is 4. The van der Waals surface area contributed by atoms with Gasteiger partial charge in [-0.15, -0.1) is 11.3 Å². The van der Waals surface area contributed by atoms with Crippen LogP contribution in [0.5, 0.6) is 0 Å². The van der Waals surface area contributed by atoms with E-state index in [9.17, 15) is 18.0 Å². The molecular formula is C17H17F3N2O2S. The maximum atomic E-state index is 13.1. The first-order chi connectivity index (χ1) is 11.9. The number of rotatable bonds is 4. The molecule has 2 aromatic rings. The molecule has 1 aliphatic heterocycles. The van der Waals surface area contributed by atoms with Crippen molar-refractivity contribution in [2.24, 2.45) is 0 Å². The van der Waals surface area contributed by atoms with Crippen LogP contribution < -0.4 is 0 Å². The molecule has 1 aliphatic rings. The van der Waals surface area contributed by atoms with Gasteiger partial charge in [0, 0.05) is 20.2 Å². The van der Waals surface area contributed by atoms with Gasteiger partial charge in [0.25, 0.3) is 5.91 Å². The van der Waals surface area contributed by atoms with Crippen LogP contribution in [0, 0.1) is 0 Å². The van der Waals surface area contributed by atoms with Crippen molar-refractivity contribution >= 4 is 17.2 Å². The maximum Gasteiger partial charge on any atom is 0.416 e. The smallest absolute Gasteiger partial charge is 0.371 e. The van der Waals surface area contributed by atoms with Crippen molar-refractivity contribution < 1.29 is 22.7 Å². The Hall–Kier alpha value is -1.93. The highest BCUT2D eigenvalue weighted by atomic mass is 32.1. The molecule has 0 N–H and O–H groups in total. The van der Waals surface area contributed by atoms with Crippen molar-refractivity contribution in [3.05, 3.63) is 51.5 Å². The first-order valence-corrected chi connectivity index (χ1v) is 8.66. The number of amides is 1. The third kappa shape index (κ3) is 4.01. The molecule has 1 atom stereocenters. The summed E-state index contributed by atoms with van der Waals surface area (Å²) < 4.78 is 44.8. The van der Waals surface area contributed by atoms with E-state index >= 15 is 0 Å². The topological polar surface area (TPSA) is 42.4 Å². The van der Waals surface area contributed by atoms with Crippen LogP contribution in [0.25, 0.3) is 0 Å². The third-order valence-corrected chi connectivity index (χ3v) is 5.09. The summed E-state index contributed by atoms with van der Waals surface area (Å²) in [4.78, 5) is 18.4. The summed E-state index contributed by atoms with van der Waals surface area (Å²) in [5.41, 5.74) is -0.659. The van der Waals surface area contributed by atoms with Gasteiger partial charge in [0.2, 0.25) is 0 Å². The summed E-state index contributed by atoms with van der Waals surface area (Å²) in [7, 11) is 1.49. The van der Waals surface area contributed by atoms with Crippen LogP contribution in [0.3, 0.4) is 0 Å². The molecule has 1 fully saturated rings. The molecule has 1 unspecified atom stereocenters. The summed E-state index contributed by atoms with van der Waals surface area (Å²) in [6, 6.07) is 5.28. The Morgan fingerprint density at radius 1 is 1.40 bits per heavy atom. The molecule has 1 amide bonds. The second-order valence-corrected chi connectivity index (χ2v) is 6.94. The van der Waals surface area contributed by atoms with Crippen LogP contribution in [0.15, 0.2) is 30.5 Å². The zero-order valence-corrected chi connectivity index (χ0v) is 14.4. The summed E-state index contributed by atoms with van der Waals surface area (Å²) in [6.07, 6.45) is -1.23. The summed E-state index contributed by atoms with van der Waals surface area (Å²) in [6.45, 7) is 0.559. The Morgan fingerprint density at radius 2 is 2.16 bits per heavy atom. The van der Waals surface area contributed by atoms with E-state index < -0.39 is 11.7 Å². The quantitative estimate of drug-likeness (QED) is 0.807. The minimum atomic E-state index is -4.45. The van der Waals surface area contributed by atoms with Crippen LogP contribution in [0.4, 0.5) is 13.2 Å². The lowest BCUT2D eigenvalue weighted by atomic mass is 10.1. The van der Waals surface area contributed by atoms with E-state index in [2.05, 4.69) is 4.98 Å². The highest BCUT2D eigenvalue weighted by molar-refractivity contribution is 7.13. The molecule has 1 aromatic heterocycles. The first-order valence-electron chi connectivity index (χ1n) is 7.84. The van der Waals surface area contributed by atoms with Crippen molar-refractivity contribution in [3.63, 3.8) is 0 Å². The van der Waals surface area contributed by atoms with Gasteiger partial charge in [-0.1, -0.05) is 18.2 Å². The second kappa shape index (κ2) is 7.13. The largest absolute Gasteiger partial charge is 0.416 e. The average Bonchev–Trinajstić information content (AvgIpc) is 3.24. The zero-order valence-electron chi connectivity index (χ0n) is 13.5. The van der Waals surface area contributed by atoms with E-state index in [1.807, 2.05) is 0 Å². The van der Waals surface area contributed by atoms with E-state index in [-0.39, 0.29) is 24.1 Å². The predicted octanol–water partition coefficient (Wildman–Crippen LogP) is 4.29. The van der Waals surface area contributed by atoms with E-state index in [4.69, 9.17) is 4.74 Å². The predicted molar refractivity (Wildman–Crippen MR) is 87.3 cm³/mol. The van der Waals surface area contributed by atoms with Gasteiger partial charge in [0.15, 0.2) is 0 Å². The molecule has 134 valence electrons. The summed E-state index contributed by atoms with van der Waals surface area (Å²) >= 11 is 1.24. The number of carbonyl (C=O) groups excluding carboxylic acids is 1. The number of carbonyl (C=O) groups is 1. The fourth-order valence-electron chi connectivity index (χ4n) is 2.76. The van der Waals surface area contributed by atoms with Gasteiger partial charge in [0.1, 0.15) is 16.0 Å². The molecular weight excluding hydrogens is 353 g/mol. The van der Waals surface area contributed by atoms with Crippen LogP contribution in [0.2, 0.25) is 0 Å². The standard InChI is InChI=1S/C17H17F3N2O2S/c1-22(10-11-5-2-3-6-12(11)17(18,19)20)16(23)14-9-21-15(25-14)13-7-4-8-24-13/h2-3,5-6,9,13H,4,7-8,10H2,1H3. The van der Waals surface area contributed by atoms with Crippen molar-refractivity contribution in [2.45, 2.75) is 31.7 Å². The normalized spacial score (nSPS) is 17.7. The van der Waals surface area contributed by atoms with Crippen LogP contribution in [-0.4, -0.2) is 29.4 Å². The average molecular weight is 370 g/mol. The molecule has 0 aliphatic carbocycles. The minimum absolute atomic E-state index is 0.0646. The van der Waals surface area contributed by atoms with Gasteiger partial charge in [-0.05, 0) is 24.5 Å². The lowest BCUT2D eigenvalue weighted by Crippen LogP contribution is -2.26. The monoisotopic (exact) mass is 370 g/mol. The first kappa shape index (κ1) is 17.9. The highest BCUT2D eigenvalue weighted by Crippen LogP contribution is 2.33. The second-order valence-electron chi connectivity index (χ2n) is 5.88. The minimum Gasteiger partial charge on any atom is -0.371 e. The summed E-state index contributed by atoms with van der Waals surface area (Å²) in [5, 5.41) is 0.741. The fraction of sp³-hybridized carbons (Fsp3) is 0.412. The van der Waals surface area contributed by atoms with Crippen molar-refractivity contribution in [1.29, 1.82) is 0 Å². The Balaban J connectivity index is 1.73. The molecule has 25 heavy (non-hydrogen) atoms. The van der Waals surface area contributed by atoms with E-state index in [0.29, 0.717) is 11.5 Å². The Bertz CT molecular complexity index is 754. The van der Waals surface area contributed by atoms with Crippen LogP contribution in [0.1, 0.15) is 44.8 Å². The fourth-order valence-corrected chi connectivity index (χ4v) is 3.75. The molecule has 2 heterocycles. The number of benzene rings is 1. The number of aromatic nitrogens is 1. The van der Waals surface area contributed by atoms with Crippen molar-refractivity contribution in [2.75, 3.05) is 13.7 Å². The maximum absolute atomic E-state index is 13.1. The molecule has 1 aromatic carbocycles.